The van der Waals surface area contributed by atoms with Gasteiger partial charge in [-0.25, -0.2) is 4.79 Å². The van der Waals surface area contributed by atoms with E-state index in [1.54, 1.807) is 12.1 Å². The molecule has 1 saturated heterocycles. The van der Waals surface area contributed by atoms with E-state index in [0.717, 1.165) is 10.5 Å². The third kappa shape index (κ3) is 2.94. The lowest BCUT2D eigenvalue weighted by Gasteiger charge is -2.22. The van der Waals surface area contributed by atoms with E-state index in [1.807, 2.05) is 6.07 Å². The molecule has 1 fully saturated rings. The van der Waals surface area contributed by atoms with Crippen molar-refractivity contribution in [1.29, 1.82) is 0 Å². The standard InChI is InChI=1S/C16H15F3N6O3/c1-28-10-3-2-9-4-5-15(11(9)6-10)13(26)24(14(27)20-15)7-12-21-23-25(22-12)8-16(17,18)19/h2-3,6H,4-5,7-8H2,1H3,(H,20,27). The molecule has 28 heavy (non-hydrogen) atoms. The second-order valence-electron chi connectivity index (χ2n) is 6.60. The van der Waals surface area contributed by atoms with E-state index in [2.05, 4.69) is 20.7 Å². The first-order valence-corrected chi connectivity index (χ1v) is 8.37. The van der Waals surface area contributed by atoms with Crippen LogP contribution in [0.2, 0.25) is 0 Å². The fourth-order valence-electron chi connectivity index (χ4n) is 3.58. The van der Waals surface area contributed by atoms with Crippen LogP contribution in [-0.2, 0) is 29.8 Å². The molecule has 1 spiro atoms. The van der Waals surface area contributed by atoms with Gasteiger partial charge in [0, 0.05) is 0 Å². The Morgan fingerprint density at radius 3 is 2.82 bits per heavy atom. The van der Waals surface area contributed by atoms with Crippen molar-refractivity contribution in [1.82, 2.24) is 30.4 Å². The number of tetrazole rings is 1. The number of aryl methyl sites for hydroxylation is 1. The number of hydrogen-bond acceptors (Lipinski definition) is 6. The average molecular weight is 396 g/mol. The van der Waals surface area contributed by atoms with E-state index in [1.165, 1.54) is 7.11 Å². The highest BCUT2D eigenvalue weighted by molar-refractivity contribution is 6.08. The van der Waals surface area contributed by atoms with Crippen molar-refractivity contribution in [3.8, 4) is 5.75 Å². The second-order valence-corrected chi connectivity index (χ2v) is 6.60. The molecule has 0 radical (unpaired) electrons. The van der Waals surface area contributed by atoms with Crippen LogP contribution in [0, 0.1) is 0 Å². The number of halogens is 3. The van der Waals surface area contributed by atoms with Gasteiger partial charge in [-0.05, 0) is 41.3 Å². The van der Waals surface area contributed by atoms with E-state index in [0.29, 0.717) is 29.0 Å². The summed E-state index contributed by atoms with van der Waals surface area (Å²) < 4.78 is 42.5. The Labute approximate surface area is 156 Å². The number of urea groups is 1. The number of ether oxygens (including phenoxy) is 1. The van der Waals surface area contributed by atoms with Crippen LogP contribution < -0.4 is 10.1 Å². The number of methoxy groups -OCH3 is 1. The number of benzene rings is 1. The first-order valence-electron chi connectivity index (χ1n) is 8.37. The molecular weight excluding hydrogens is 381 g/mol. The Bertz CT molecular complexity index is 959. The molecule has 0 bridgehead atoms. The monoisotopic (exact) mass is 396 g/mol. The number of nitrogens with one attached hydrogen (secondary N) is 1. The molecule has 1 aliphatic heterocycles. The molecule has 12 heteroatoms. The van der Waals surface area contributed by atoms with Gasteiger partial charge in [0.1, 0.15) is 11.3 Å². The minimum atomic E-state index is -4.50. The molecule has 1 unspecified atom stereocenters. The van der Waals surface area contributed by atoms with Crippen LogP contribution in [0.15, 0.2) is 18.2 Å². The maximum absolute atomic E-state index is 13.1. The first kappa shape index (κ1) is 18.2. The molecule has 3 amide bonds. The smallest absolute Gasteiger partial charge is 0.409 e. The Hall–Kier alpha value is -3.18. The van der Waals surface area contributed by atoms with Crippen LogP contribution in [0.3, 0.4) is 0 Å². The normalized spacial score (nSPS) is 21.4. The number of imide groups is 1. The molecule has 1 atom stereocenters. The van der Waals surface area contributed by atoms with Crippen molar-refractivity contribution in [2.45, 2.75) is 37.6 Å². The minimum Gasteiger partial charge on any atom is -0.497 e. The van der Waals surface area contributed by atoms with E-state index in [4.69, 9.17) is 4.74 Å². The van der Waals surface area contributed by atoms with Crippen LogP contribution >= 0.6 is 0 Å². The number of rotatable bonds is 4. The van der Waals surface area contributed by atoms with Crippen molar-refractivity contribution in [3.63, 3.8) is 0 Å². The predicted molar refractivity (Wildman–Crippen MR) is 85.9 cm³/mol. The Kier molecular flexibility index (Phi) is 4.01. The molecule has 1 aromatic heterocycles. The lowest BCUT2D eigenvalue weighted by molar-refractivity contribution is -0.145. The highest BCUT2D eigenvalue weighted by atomic mass is 19.4. The van der Waals surface area contributed by atoms with Gasteiger partial charge in [0.05, 0.1) is 13.7 Å². The summed E-state index contributed by atoms with van der Waals surface area (Å²) in [4.78, 5) is 26.8. The van der Waals surface area contributed by atoms with E-state index in [-0.39, 0.29) is 12.4 Å². The van der Waals surface area contributed by atoms with E-state index in [9.17, 15) is 22.8 Å². The summed E-state index contributed by atoms with van der Waals surface area (Å²) in [5.41, 5.74) is 0.357. The largest absolute Gasteiger partial charge is 0.497 e. The SMILES string of the molecule is COc1ccc2c(c1)C1(CC2)NC(=O)N(Cc2nnn(CC(F)(F)F)n2)C1=O. The first-order chi connectivity index (χ1) is 13.2. The number of hydrogen-bond donors (Lipinski definition) is 1. The minimum absolute atomic E-state index is 0.159. The Balaban J connectivity index is 1.58. The van der Waals surface area contributed by atoms with E-state index < -0.39 is 30.2 Å². The molecule has 2 heterocycles. The predicted octanol–water partition coefficient (Wildman–Crippen LogP) is 1.14. The van der Waals surface area contributed by atoms with Gasteiger partial charge in [0.25, 0.3) is 5.91 Å². The summed E-state index contributed by atoms with van der Waals surface area (Å²) in [6.45, 7) is -1.78. The number of amides is 3. The fraction of sp³-hybridized carbons (Fsp3) is 0.438. The Morgan fingerprint density at radius 2 is 2.11 bits per heavy atom. The fourth-order valence-corrected chi connectivity index (χ4v) is 3.58. The number of carbonyl (C=O) groups is 2. The highest BCUT2D eigenvalue weighted by Crippen LogP contribution is 2.43. The van der Waals surface area contributed by atoms with Crippen molar-refractivity contribution >= 4 is 11.9 Å². The summed E-state index contributed by atoms with van der Waals surface area (Å²) in [7, 11) is 1.50. The molecular formula is C16H15F3N6O3. The zero-order valence-corrected chi connectivity index (χ0v) is 14.7. The second kappa shape index (κ2) is 6.17. The van der Waals surface area contributed by atoms with Gasteiger partial charge in [-0.2, -0.15) is 18.0 Å². The van der Waals surface area contributed by atoms with Crippen molar-refractivity contribution in [3.05, 3.63) is 35.2 Å². The molecule has 4 rings (SSSR count). The number of nitrogens with zero attached hydrogens (tertiary/aromatic N) is 5. The third-order valence-corrected chi connectivity index (χ3v) is 4.84. The van der Waals surface area contributed by atoms with Gasteiger partial charge >= 0.3 is 12.2 Å². The maximum atomic E-state index is 13.1. The van der Waals surface area contributed by atoms with Gasteiger partial charge < -0.3 is 10.1 Å². The van der Waals surface area contributed by atoms with Gasteiger partial charge in [0.2, 0.25) is 0 Å². The lowest BCUT2D eigenvalue weighted by Crippen LogP contribution is -2.41. The molecule has 2 aliphatic rings. The highest BCUT2D eigenvalue weighted by Gasteiger charge is 2.55. The van der Waals surface area contributed by atoms with Crippen LogP contribution in [-0.4, -0.2) is 50.3 Å². The lowest BCUT2D eigenvalue weighted by atomic mass is 9.91. The number of fused-ring (bicyclic) bond motifs is 2. The molecule has 0 saturated carbocycles. The van der Waals surface area contributed by atoms with Crippen LogP contribution in [0.1, 0.15) is 23.4 Å². The number of alkyl halides is 3. The zero-order chi connectivity index (χ0) is 20.1. The summed E-state index contributed by atoms with van der Waals surface area (Å²) in [6.07, 6.45) is -3.53. The van der Waals surface area contributed by atoms with E-state index >= 15 is 0 Å². The molecule has 1 N–H and O–H groups in total. The summed E-state index contributed by atoms with van der Waals surface area (Å²) >= 11 is 0. The van der Waals surface area contributed by atoms with Crippen LogP contribution in [0.25, 0.3) is 0 Å². The Morgan fingerprint density at radius 1 is 1.32 bits per heavy atom. The molecule has 1 aliphatic carbocycles. The topological polar surface area (TPSA) is 102 Å². The molecule has 1 aromatic carbocycles. The van der Waals surface area contributed by atoms with Gasteiger partial charge in [-0.3, -0.25) is 9.69 Å². The van der Waals surface area contributed by atoms with Gasteiger partial charge in [0.15, 0.2) is 12.4 Å². The number of aromatic nitrogens is 4. The molecule has 9 nitrogen and oxygen atoms in total. The quantitative estimate of drug-likeness (QED) is 0.778. The van der Waals surface area contributed by atoms with Crippen LogP contribution in [0.4, 0.5) is 18.0 Å². The number of carbonyl (C=O) groups excluding carboxylic acids is 2. The van der Waals surface area contributed by atoms with Gasteiger partial charge in [-0.15, -0.1) is 10.2 Å². The van der Waals surface area contributed by atoms with Crippen molar-refractivity contribution in [2.24, 2.45) is 0 Å². The van der Waals surface area contributed by atoms with Crippen LogP contribution in [0.5, 0.6) is 5.75 Å². The summed E-state index contributed by atoms with van der Waals surface area (Å²) in [5, 5.41) is 13.1. The van der Waals surface area contributed by atoms with Crippen molar-refractivity contribution < 1.29 is 27.5 Å². The average Bonchev–Trinajstić information content (AvgIpc) is 3.28. The molecule has 148 valence electrons. The van der Waals surface area contributed by atoms with Crippen molar-refractivity contribution in [2.75, 3.05) is 7.11 Å². The summed E-state index contributed by atoms with van der Waals surface area (Å²) in [6, 6.07) is 4.67. The molecule has 2 aromatic rings. The summed E-state index contributed by atoms with van der Waals surface area (Å²) in [5.74, 6) is -0.109. The zero-order valence-electron chi connectivity index (χ0n) is 14.7. The van der Waals surface area contributed by atoms with Gasteiger partial charge in [-0.1, -0.05) is 6.07 Å². The third-order valence-electron chi connectivity index (χ3n) is 4.84. The maximum Gasteiger partial charge on any atom is 0.409 e.